The molecule has 1 aromatic heterocycles. The second kappa shape index (κ2) is 6.59. The van der Waals surface area contributed by atoms with Crippen LogP contribution in [0.1, 0.15) is 33.1 Å². The Labute approximate surface area is 109 Å². The average Bonchev–Trinajstić information content (AvgIpc) is 2.37. The number of anilines is 2. The van der Waals surface area contributed by atoms with Crippen molar-refractivity contribution in [2.75, 3.05) is 23.8 Å². The highest BCUT2D eigenvalue weighted by molar-refractivity contribution is 5.52. The van der Waals surface area contributed by atoms with Gasteiger partial charge in [-0.2, -0.15) is 0 Å². The van der Waals surface area contributed by atoms with Crippen molar-refractivity contribution in [3.8, 4) is 0 Å². The maximum absolute atomic E-state index is 5.56. The van der Waals surface area contributed by atoms with Gasteiger partial charge < -0.3 is 15.4 Å². The molecule has 0 amide bonds. The molecule has 0 aliphatic carbocycles. The van der Waals surface area contributed by atoms with E-state index in [0.29, 0.717) is 12.1 Å². The molecule has 0 aromatic carbocycles. The molecule has 2 heterocycles. The number of nitrogens with zero attached hydrogens (tertiary/aromatic N) is 1. The van der Waals surface area contributed by atoms with Gasteiger partial charge in [0.25, 0.3) is 0 Å². The molecule has 18 heavy (non-hydrogen) atoms. The fourth-order valence-corrected chi connectivity index (χ4v) is 2.23. The Bertz CT molecular complexity index is 370. The molecule has 2 unspecified atom stereocenters. The molecule has 100 valence electrons. The maximum Gasteiger partial charge on any atom is 0.127 e. The first kappa shape index (κ1) is 13.1. The molecule has 4 heteroatoms. The molecule has 1 fully saturated rings. The Morgan fingerprint density at radius 2 is 2.39 bits per heavy atom. The zero-order valence-electron chi connectivity index (χ0n) is 11.3. The van der Waals surface area contributed by atoms with Crippen molar-refractivity contribution in [1.29, 1.82) is 0 Å². The lowest BCUT2D eigenvalue weighted by atomic mass is 10.0. The Morgan fingerprint density at radius 1 is 1.50 bits per heavy atom. The van der Waals surface area contributed by atoms with Gasteiger partial charge >= 0.3 is 0 Å². The molecule has 4 nitrogen and oxygen atoms in total. The summed E-state index contributed by atoms with van der Waals surface area (Å²) in [6.45, 7) is 6.10. The highest BCUT2D eigenvalue weighted by Gasteiger charge is 2.18. The van der Waals surface area contributed by atoms with Crippen LogP contribution in [-0.4, -0.2) is 30.3 Å². The van der Waals surface area contributed by atoms with Crippen molar-refractivity contribution in [2.24, 2.45) is 0 Å². The number of hydrogen-bond donors (Lipinski definition) is 2. The minimum Gasteiger partial charge on any atom is -0.382 e. The van der Waals surface area contributed by atoms with E-state index in [2.05, 4.69) is 35.5 Å². The van der Waals surface area contributed by atoms with Gasteiger partial charge in [-0.1, -0.05) is 6.92 Å². The lowest BCUT2D eigenvalue weighted by molar-refractivity contribution is 0.0232. The van der Waals surface area contributed by atoms with Gasteiger partial charge in [-0.3, -0.25) is 0 Å². The van der Waals surface area contributed by atoms with Crippen molar-refractivity contribution in [2.45, 2.75) is 45.3 Å². The molecule has 2 atom stereocenters. The molecule has 1 aliphatic rings. The fourth-order valence-electron chi connectivity index (χ4n) is 2.23. The zero-order valence-corrected chi connectivity index (χ0v) is 11.3. The first-order valence-electron chi connectivity index (χ1n) is 6.86. The second-order valence-electron chi connectivity index (χ2n) is 4.90. The van der Waals surface area contributed by atoms with Crippen LogP contribution in [0, 0.1) is 0 Å². The summed E-state index contributed by atoms with van der Waals surface area (Å²) in [6.07, 6.45) is 5.46. The summed E-state index contributed by atoms with van der Waals surface area (Å²) in [6, 6.07) is 4.61. The Hall–Kier alpha value is -1.29. The molecule has 2 N–H and O–H groups in total. The monoisotopic (exact) mass is 249 g/mol. The quantitative estimate of drug-likeness (QED) is 0.842. The predicted octanol–water partition coefficient (Wildman–Crippen LogP) is 2.88. The third kappa shape index (κ3) is 3.88. The summed E-state index contributed by atoms with van der Waals surface area (Å²) in [4.78, 5) is 4.31. The molecule has 1 aromatic rings. The van der Waals surface area contributed by atoms with E-state index in [9.17, 15) is 0 Å². The van der Waals surface area contributed by atoms with Crippen LogP contribution in [0.25, 0.3) is 0 Å². The van der Waals surface area contributed by atoms with Crippen LogP contribution >= 0.6 is 0 Å². The molecule has 0 bridgehead atoms. The predicted molar refractivity (Wildman–Crippen MR) is 75.1 cm³/mol. The van der Waals surface area contributed by atoms with E-state index in [4.69, 9.17) is 4.74 Å². The number of rotatable bonds is 5. The van der Waals surface area contributed by atoms with Gasteiger partial charge in [-0.25, -0.2) is 4.98 Å². The summed E-state index contributed by atoms with van der Waals surface area (Å²) < 4.78 is 5.56. The Morgan fingerprint density at radius 3 is 3.17 bits per heavy atom. The van der Waals surface area contributed by atoms with E-state index in [1.807, 2.05) is 12.3 Å². The first-order valence-corrected chi connectivity index (χ1v) is 6.86. The third-order valence-electron chi connectivity index (χ3n) is 3.17. The summed E-state index contributed by atoms with van der Waals surface area (Å²) in [5.41, 5.74) is 1.14. The van der Waals surface area contributed by atoms with E-state index >= 15 is 0 Å². The molecule has 0 radical (unpaired) electrons. The van der Waals surface area contributed by atoms with E-state index in [1.165, 1.54) is 0 Å². The Kier molecular flexibility index (Phi) is 4.81. The highest BCUT2D eigenvalue weighted by atomic mass is 16.5. The molecule has 0 saturated carbocycles. The van der Waals surface area contributed by atoms with Crippen molar-refractivity contribution in [3.05, 3.63) is 18.3 Å². The largest absolute Gasteiger partial charge is 0.382 e. The first-order chi connectivity index (χ1) is 8.78. The van der Waals surface area contributed by atoms with Crippen molar-refractivity contribution >= 4 is 11.5 Å². The van der Waals surface area contributed by atoms with Crippen LogP contribution < -0.4 is 10.6 Å². The zero-order chi connectivity index (χ0) is 12.8. The van der Waals surface area contributed by atoms with E-state index in [-0.39, 0.29) is 0 Å². The number of hydrogen-bond acceptors (Lipinski definition) is 4. The SMILES string of the molecule is CCCNc1cc(NC2CCOC(C)C2)ccn1. The minimum absolute atomic E-state index is 0.357. The maximum atomic E-state index is 5.56. The van der Waals surface area contributed by atoms with Crippen LogP contribution in [0.5, 0.6) is 0 Å². The third-order valence-corrected chi connectivity index (χ3v) is 3.17. The van der Waals surface area contributed by atoms with Gasteiger partial charge in [-0.05, 0) is 32.3 Å². The summed E-state index contributed by atoms with van der Waals surface area (Å²) in [5.74, 6) is 0.946. The van der Waals surface area contributed by atoms with Crippen molar-refractivity contribution in [3.63, 3.8) is 0 Å². The number of nitrogens with one attached hydrogen (secondary N) is 2. The molecule has 2 rings (SSSR count). The van der Waals surface area contributed by atoms with Crippen LogP contribution in [0.15, 0.2) is 18.3 Å². The minimum atomic E-state index is 0.357. The van der Waals surface area contributed by atoms with E-state index in [0.717, 1.165) is 43.9 Å². The lowest BCUT2D eigenvalue weighted by Crippen LogP contribution is -2.32. The van der Waals surface area contributed by atoms with E-state index in [1.54, 1.807) is 0 Å². The standard InChI is InChI=1S/C14H23N3O/c1-3-6-15-14-10-12(4-7-16-14)17-13-5-8-18-11(2)9-13/h4,7,10-11,13H,3,5-6,8-9H2,1-2H3,(H2,15,16,17). The van der Waals surface area contributed by atoms with Crippen LogP contribution in [0.4, 0.5) is 11.5 Å². The van der Waals surface area contributed by atoms with Gasteiger partial charge in [0.2, 0.25) is 0 Å². The Balaban J connectivity index is 1.91. The van der Waals surface area contributed by atoms with Gasteiger partial charge in [0.15, 0.2) is 0 Å². The van der Waals surface area contributed by atoms with Crippen LogP contribution in [0.2, 0.25) is 0 Å². The highest BCUT2D eigenvalue weighted by Crippen LogP contribution is 2.19. The second-order valence-corrected chi connectivity index (χ2v) is 4.90. The smallest absolute Gasteiger partial charge is 0.127 e. The molecular formula is C14H23N3O. The average molecular weight is 249 g/mol. The van der Waals surface area contributed by atoms with Gasteiger partial charge in [0, 0.05) is 37.1 Å². The summed E-state index contributed by atoms with van der Waals surface area (Å²) >= 11 is 0. The number of aromatic nitrogens is 1. The lowest BCUT2D eigenvalue weighted by Gasteiger charge is -2.28. The molecule has 1 saturated heterocycles. The van der Waals surface area contributed by atoms with Gasteiger partial charge in [-0.15, -0.1) is 0 Å². The topological polar surface area (TPSA) is 46.2 Å². The van der Waals surface area contributed by atoms with Crippen molar-refractivity contribution < 1.29 is 4.74 Å². The number of pyridine rings is 1. The van der Waals surface area contributed by atoms with E-state index < -0.39 is 0 Å². The molecular weight excluding hydrogens is 226 g/mol. The molecule has 1 aliphatic heterocycles. The fraction of sp³-hybridized carbons (Fsp3) is 0.643. The summed E-state index contributed by atoms with van der Waals surface area (Å²) in [5, 5.41) is 6.87. The van der Waals surface area contributed by atoms with Gasteiger partial charge in [0.1, 0.15) is 5.82 Å². The van der Waals surface area contributed by atoms with Crippen LogP contribution in [-0.2, 0) is 4.74 Å². The van der Waals surface area contributed by atoms with Gasteiger partial charge in [0.05, 0.1) is 6.10 Å². The normalized spacial score (nSPS) is 23.7. The molecule has 0 spiro atoms. The summed E-state index contributed by atoms with van der Waals surface area (Å²) in [7, 11) is 0. The van der Waals surface area contributed by atoms with Crippen LogP contribution in [0.3, 0.4) is 0 Å². The van der Waals surface area contributed by atoms with Crippen molar-refractivity contribution in [1.82, 2.24) is 4.98 Å². The number of ether oxygens (including phenoxy) is 1.